The molecule has 2 aromatic rings. The summed E-state index contributed by atoms with van der Waals surface area (Å²) < 4.78 is 6.07. The molecule has 1 aliphatic heterocycles. The number of hydrogen-bond acceptors (Lipinski definition) is 4. The molecule has 0 spiro atoms. The lowest BCUT2D eigenvalue weighted by atomic mass is 9.89. The molecule has 1 aromatic heterocycles. The van der Waals surface area contributed by atoms with Gasteiger partial charge in [0.05, 0.1) is 6.04 Å². The van der Waals surface area contributed by atoms with Gasteiger partial charge in [0.25, 0.3) is 0 Å². The van der Waals surface area contributed by atoms with Crippen LogP contribution in [0.3, 0.4) is 0 Å². The number of benzene rings is 1. The molecular weight excluding hydrogens is 268 g/mol. The molecule has 0 bridgehead atoms. The Morgan fingerprint density at radius 2 is 2.20 bits per heavy atom. The number of rotatable bonds is 3. The first-order valence-corrected chi connectivity index (χ1v) is 7.86. The van der Waals surface area contributed by atoms with Gasteiger partial charge in [-0.2, -0.15) is 0 Å². The van der Waals surface area contributed by atoms with Crippen molar-refractivity contribution in [3.05, 3.63) is 46.4 Å². The van der Waals surface area contributed by atoms with Crippen LogP contribution in [-0.4, -0.2) is 10.6 Å². The van der Waals surface area contributed by atoms with Crippen LogP contribution in [0.25, 0.3) is 0 Å². The highest BCUT2D eigenvalue weighted by molar-refractivity contribution is 7.09. The fourth-order valence-corrected chi connectivity index (χ4v) is 3.43. The van der Waals surface area contributed by atoms with Crippen LogP contribution in [0.15, 0.2) is 35.8 Å². The standard InChI is InChI=1S/C16H20N2OS/c1-11(15-17-8-9-20-15)18-13-10-16(2,3)19-14-7-5-4-6-12(13)14/h4-9,11,13,18H,10H2,1-3H3. The number of nitrogens with one attached hydrogen (secondary N) is 1. The fourth-order valence-electron chi connectivity index (χ4n) is 2.77. The lowest BCUT2D eigenvalue weighted by molar-refractivity contribution is 0.0640. The summed E-state index contributed by atoms with van der Waals surface area (Å²) in [5.41, 5.74) is 1.10. The second-order valence-electron chi connectivity index (χ2n) is 5.91. The molecule has 106 valence electrons. The lowest BCUT2D eigenvalue weighted by Gasteiger charge is -2.38. The van der Waals surface area contributed by atoms with Crippen LogP contribution in [0.5, 0.6) is 5.75 Å². The highest BCUT2D eigenvalue weighted by atomic mass is 32.1. The van der Waals surface area contributed by atoms with Crippen LogP contribution in [0.2, 0.25) is 0 Å². The predicted molar refractivity (Wildman–Crippen MR) is 82.2 cm³/mol. The van der Waals surface area contributed by atoms with Gasteiger partial charge in [0, 0.05) is 29.6 Å². The Hall–Kier alpha value is -1.39. The van der Waals surface area contributed by atoms with E-state index in [2.05, 4.69) is 49.3 Å². The van der Waals surface area contributed by atoms with E-state index in [1.54, 1.807) is 11.3 Å². The highest BCUT2D eigenvalue weighted by Crippen LogP contribution is 2.40. The molecule has 1 N–H and O–H groups in total. The maximum Gasteiger partial charge on any atom is 0.124 e. The van der Waals surface area contributed by atoms with Gasteiger partial charge < -0.3 is 10.1 Å². The zero-order chi connectivity index (χ0) is 14.2. The van der Waals surface area contributed by atoms with Gasteiger partial charge in [-0.1, -0.05) is 18.2 Å². The number of nitrogens with zero attached hydrogens (tertiary/aromatic N) is 1. The first-order valence-electron chi connectivity index (χ1n) is 6.98. The van der Waals surface area contributed by atoms with Gasteiger partial charge in [0.1, 0.15) is 16.4 Å². The number of fused-ring (bicyclic) bond motifs is 1. The lowest BCUT2D eigenvalue weighted by Crippen LogP contribution is -2.40. The fraction of sp³-hybridized carbons (Fsp3) is 0.438. The molecular formula is C16H20N2OS. The molecule has 4 heteroatoms. The SMILES string of the molecule is CC(NC1CC(C)(C)Oc2ccccc21)c1nccs1. The van der Waals surface area contributed by atoms with Crippen molar-refractivity contribution >= 4 is 11.3 Å². The van der Waals surface area contributed by atoms with E-state index >= 15 is 0 Å². The van der Waals surface area contributed by atoms with Gasteiger partial charge in [0.15, 0.2) is 0 Å². The summed E-state index contributed by atoms with van der Waals surface area (Å²) in [5.74, 6) is 0.993. The molecule has 0 saturated carbocycles. The van der Waals surface area contributed by atoms with Gasteiger partial charge in [0.2, 0.25) is 0 Å². The first-order chi connectivity index (χ1) is 9.55. The van der Waals surface area contributed by atoms with E-state index in [1.165, 1.54) is 5.56 Å². The van der Waals surface area contributed by atoms with E-state index in [0.717, 1.165) is 17.2 Å². The van der Waals surface area contributed by atoms with Crippen LogP contribution >= 0.6 is 11.3 Å². The van der Waals surface area contributed by atoms with Gasteiger partial charge >= 0.3 is 0 Å². The third kappa shape index (κ3) is 2.72. The van der Waals surface area contributed by atoms with Gasteiger partial charge in [-0.15, -0.1) is 11.3 Å². The zero-order valence-electron chi connectivity index (χ0n) is 12.1. The van der Waals surface area contributed by atoms with Crippen molar-refractivity contribution in [2.45, 2.75) is 44.9 Å². The van der Waals surface area contributed by atoms with Crippen molar-refractivity contribution in [3.63, 3.8) is 0 Å². The Morgan fingerprint density at radius 1 is 1.40 bits per heavy atom. The number of para-hydroxylation sites is 1. The minimum absolute atomic E-state index is 0.144. The first kappa shape index (κ1) is 13.6. The summed E-state index contributed by atoms with van der Waals surface area (Å²) in [4.78, 5) is 4.40. The number of aromatic nitrogens is 1. The minimum atomic E-state index is -0.144. The van der Waals surface area contributed by atoms with Crippen LogP contribution in [0.4, 0.5) is 0 Å². The van der Waals surface area contributed by atoms with E-state index in [0.29, 0.717) is 6.04 Å². The van der Waals surface area contributed by atoms with Crippen LogP contribution in [0, 0.1) is 0 Å². The van der Waals surface area contributed by atoms with Crippen molar-refractivity contribution < 1.29 is 4.74 Å². The molecule has 2 atom stereocenters. The number of ether oxygens (including phenoxy) is 1. The Kier molecular flexibility index (Phi) is 3.52. The van der Waals surface area contributed by atoms with Gasteiger partial charge in [-0.25, -0.2) is 4.98 Å². The molecule has 2 heterocycles. The molecule has 0 amide bonds. The van der Waals surface area contributed by atoms with Crippen molar-refractivity contribution in [1.29, 1.82) is 0 Å². The quantitative estimate of drug-likeness (QED) is 0.923. The molecule has 3 nitrogen and oxygen atoms in total. The zero-order valence-corrected chi connectivity index (χ0v) is 12.9. The van der Waals surface area contributed by atoms with Crippen molar-refractivity contribution in [2.24, 2.45) is 0 Å². The number of hydrogen-bond donors (Lipinski definition) is 1. The molecule has 0 saturated heterocycles. The Morgan fingerprint density at radius 3 is 2.95 bits per heavy atom. The van der Waals surface area contributed by atoms with Crippen molar-refractivity contribution in [3.8, 4) is 5.75 Å². The Labute approximate surface area is 124 Å². The summed E-state index contributed by atoms with van der Waals surface area (Å²) >= 11 is 1.70. The Bertz CT molecular complexity index is 580. The second-order valence-corrected chi connectivity index (χ2v) is 6.84. The summed E-state index contributed by atoms with van der Waals surface area (Å²) in [6.45, 7) is 6.46. The molecule has 2 unspecified atom stereocenters. The third-order valence-electron chi connectivity index (χ3n) is 3.65. The molecule has 1 aromatic carbocycles. The summed E-state index contributed by atoms with van der Waals surface area (Å²) in [6.07, 6.45) is 2.82. The molecule has 0 aliphatic carbocycles. The molecule has 3 rings (SSSR count). The predicted octanol–water partition coefficient (Wildman–Crippen LogP) is 4.10. The monoisotopic (exact) mass is 288 g/mol. The van der Waals surface area contributed by atoms with Gasteiger partial charge in [-0.05, 0) is 26.8 Å². The van der Waals surface area contributed by atoms with Crippen LogP contribution < -0.4 is 10.1 Å². The summed E-state index contributed by atoms with van der Waals surface area (Å²) in [7, 11) is 0. The van der Waals surface area contributed by atoms with E-state index in [-0.39, 0.29) is 11.6 Å². The largest absolute Gasteiger partial charge is 0.487 e. The van der Waals surface area contributed by atoms with E-state index in [4.69, 9.17) is 4.74 Å². The van der Waals surface area contributed by atoms with Crippen molar-refractivity contribution in [2.75, 3.05) is 0 Å². The molecule has 0 fully saturated rings. The van der Waals surface area contributed by atoms with Gasteiger partial charge in [-0.3, -0.25) is 0 Å². The molecule has 20 heavy (non-hydrogen) atoms. The molecule has 0 radical (unpaired) electrons. The topological polar surface area (TPSA) is 34.1 Å². The molecule has 1 aliphatic rings. The maximum absolute atomic E-state index is 6.07. The number of thiazole rings is 1. The average Bonchev–Trinajstić information content (AvgIpc) is 2.91. The third-order valence-corrected chi connectivity index (χ3v) is 4.61. The van der Waals surface area contributed by atoms with E-state index in [9.17, 15) is 0 Å². The minimum Gasteiger partial charge on any atom is -0.487 e. The summed E-state index contributed by atoms with van der Waals surface area (Å²) in [5, 5.41) is 6.86. The van der Waals surface area contributed by atoms with Crippen LogP contribution in [-0.2, 0) is 0 Å². The van der Waals surface area contributed by atoms with E-state index in [1.807, 2.05) is 17.6 Å². The maximum atomic E-state index is 6.07. The normalized spacial score (nSPS) is 21.9. The summed E-state index contributed by atoms with van der Waals surface area (Å²) in [6, 6.07) is 8.86. The smallest absolute Gasteiger partial charge is 0.124 e. The van der Waals surface area contributed by atoms with Crippen LogP contribution in [0.1, 0.15) is 49.8 Å². The Balaban J connectivity index is 1.85. The average molecular weight is 288 g/mol. The second kappa shape index (κ2) is 5.19. The highest BCUT2D eigenvalue weighted by Gasteiger charge is 2.34. The van der Waals surface area contributed by atoms with Crippen molar-refractivity contribution in [1.82, 2.24) is 10.3 Å². The van der Waals surface area contributed by atoms with E-state index < -0.39 is 0 Å².